The third-order valence-corrected chi connectivity index (χ3v) is 8.17. The predicted molar refractivity (Wildman–Crippen MR) is 160 cm³/mol. The Morgan fingerprint density at radius 1 is 0.805 bits per heavy atom. The Morgan fingerprint density at radius 2 is 1.34 bits per heavy atom. The molecular formula is C32H45LiN2O5S. The van der Waals surface area contributed by atoms with Crippen molar-refractivity contribution in [2.75, 3.05) is 5.01 Å². The monoisotopic (exact) mass is 576 g/mol. The molecule has 1 heterocycles. The van der Waals surface area contributed by atoms with Gasteiger partial charge in [0.05, 0.1) is 17.0 Å². The number of unbranched alkanes of at least 4 members (excludes halogenated alkanes) is 14. The number of carbonyl (C=O) groups is 1. The van der Waals surface area contributed by atoms with E-state index < -0.39 is 15.0 Å². The van der Waals surface area contributed by atoms with Crippen LogP contribution in [0.1, 0.15) is 116 Å². The van der Waals surface area contributed by atoms with Crippen molar-refractivity contribution in [3.63, 3.8) is 0 Å². The molecule has 1 amide bonds. The number of hydrogen-bond donors (Lipinski definition) is 0. The summed E-state index contributed by atoms with van der Waals surface area (Å²) in [6, 6.07) is 12.7. The number of amides is 1. The molecule has 0 bridgehead atoms. The van der Waals surface area contributed by atoms with Gasteiger partial charge in [0, 0.05) is 5.71 Å². The predicted octanol–water partition coefficient (Wildman–Crippen LogP) is 5.74. The molecule has 0 radical (unpaired) electrons. The zero-order valence-electron chi connectivity index (χ0n) is 25.0. The van der Waals surface area contributed by atoms with Gasteiger partial charge in [-0.05, 0) is 43.2 Å². The second-order valence-corrected chi connectivity index (χ2v) is 12.1. The average Bonchev–Trinajstić information content (AvgIpc) is 3.31. The smallest absolute Gasteiger partial charge is 0.744 e. The fourth-order valence-corrected chi connectivity index (χ4v) is 5.67. The molecule has 3 rings (SSSR count). The van der Waals surface area contributed by atoms with Gasteiger partial charge in [0.1, 0.15) is 21.6 Å². The first kappa shape index (κ1) is 35.1. The second-order valence-electron chi connectivity index (χ2n) is 10.7. The summed E-state index contributed by atoms with van der Waals surface area (Å²) in [6.07, 6.45) is 20.4. The van der Waals surface area contributed by atoms with E-state index in [1.165, 1.54) is 101 Å². The van der Waals surface area contributed by atoms with Gasteiger partial charge in [0.2, 0.25) is 0 Å². The SMILES string of the molecule is CCCCCCCCCCCCCCCCCC1=NN(c2ccc(Oc3ccccc3)c(S(=O)(=O)[O-])c2)C(=O)C1.[Li+]. The van der Waals surface area contributed by atoms with Gasteiger partial charge in [-0.3, -0.25) is 4.79 Å². The summed E-state index contributed by atoms with van der Waals surface area (Å²) in [6.45, 7) is 2.26. The summed E-state index contributed by atoms with van der Waals surface area (Å²) in [5.41, 5.74) is 1.03. The van der Waals surface area contributed by atoms with E-state index in [4.69, 9.17) is 4.74 Å². The molecule has 2 aromatic carbocycles. The van der Waals surface area contributed by atoms with E-state index >= 15 is 0 Å². The van der Waals surface area contributed by atoms with Crippen molar-refractivity contribution in [1.29, 1.82) is 0 Å². The summed E-state index contributed by atoms with van der Waals surface area (Å²) in [4.78, 5) is 12.1. The molecule has 7 nitrogen and oxygen atoms in total. The Labute approximate surface area is 259 Å². The van der Waals surface area contributed by atoms with Crippen molar-refractivity contribution in [2.24, 2.45) is 5.10 Å². The second kappa shape index (κ2) is 19.1. The topological polar surface area (TPSA) is 99.1 Å². The number of hydrazone groups is 1. The Bertz CT molecular complexity index is 1190. The van der Waals surface area contributed by atoms with Crippen LogP contribution in [0.5, 0.6) is 11.5 Å². The van der Waals surface area contributed by atoms with Gasteiger partial charge in [-0.15, -0.1) is 0 Å². The van der Waals surface area contributed by atoms with Crippen LogP contribution in [-0.4, -0.2) is 24.6 Å². The van der Waals surface area contributed by atoms with Crippen molar-refractivity contribution >= 4 is 27.4 Å². The van der Waals surface area contributed by atoms with Gasteiger partial charge in [-0.2, -0.15) is 5.10 Å². The van der Waals surface area contributed by atoms with Gasteiger partial charge < -0.3 is 9.29 Å². The number of benzene rings is 2. The number of para-hydroxylation sites is 1. The fourth-order valence-electron chi connectivity index (χ4n) is 5.05. The van der Waals surface area contributed by atoms with Gasteiger partial charge >= 0.3 is 18.9 Å². The molecule has 1 aliphatic heterocycles. The van der Waals surface area contributed by atoms with Crippen LogP contribution in [0.2, 0.25) is 0 Å². The number of carbonyl (C=O) groups excluding carboxylic acids is 1. The van der Waals surface area contributed by atoms with Crippen molar-refractivity contribution in [3.8, 4) is 11.5 Å². The number of ether oxygens (including phenoxy) is 1. The molecule has 2 aromatic rings. The number of nitrogens with zero attached hydrogens (tertiary/aromatic N) is 2. The quantitative estimate of drug-likeness (QED) is 0.114. The van der Waals surface area contributed by atoms with Crippen LogP contribution in [0.3, 0.4) is 0 Å². The van der Waals surface area contributed by atoms with Crippen molar-refractivity contribution in [3.05, 3.63) is 48.5 Å². The molecule has 1 aliphatic rings. The molecule has 0 aromatic heterocycles. The average molecular weight is 577 g/mol. The minimum atomic E-state index is -4.84. The zero-order chi connectivity index (χ0) is 28.6. The van der Waals surface area contributed by atoms with Crippen LogP contribution < -0.4 is 28.6 Å². The maximum absolute atomic E-state index is 12.6. The van der Waals surface area contributed by atoms with Crippen molar-refractivity contribution in [2.45, 2.75) is 121 Å². The molecule has 0 saturated carbocycles. The first-order valence-electron chi connectivity index (χ1n) is 15.1. The molecule has 0 unspecified atom stereocenters. The Balaban J connectivity index is 0.00000588. The molecule has 0 spiro atoms. The third kappa shape index (κ3) is 12.7. The number of rotatable bonds is 20. The molecule has 0 saturated heterocycles. The van der Waals surface area contributed by atoms with E-state index in [1.54, 1.807) is 36.4 Å². The summed E-state index contributed by atoms with van der Waals surface area (Å²) >= 11 is 0. The number of anilines is 1. The molecule has 9 heteroatoms. The van der Waals surface area contributed by atoms with E-state index in [2.05, 4.69) is 12.0 Å². The summed E-state index contributed by atoms with van der Waals surface area (Å²) in [7, 11) is -4.84. The van der Waals surface area contributed by atoms with Gasteiger partial charge in [-0.1, -0.05) is 115 Å². The van der Waals surface area contributed by atoms with Crippen LogP contribution in [0.15, 0.2) is 58.5 Å². The van der Waals surface area contributed by atoms with Gasteiger partial charge in [0.15, 0.2) is 0 Å². The fraction of sp³-hybridized carbons (Fsp3) is 0.562. The minimum absolute atomic E-state index is 0. The first-order chi connectivity index (χ1) is 19.4. The van der Waals surface area contributed by atoms with E-state index in [1.807, 2.05) is 0 Å². The number of hydrogen-bond acceptors (Lipinski definition) is 6. The first-order valence-corrected chi connectivity index (χ1v) is 16.5. The van der Waals surface area contributed by atoms with Crippen LogP contribution in [0.25, 0.3) is 0 Å². The largest absolute Gasteiger partial charge is 1.00 e. The van der Waals surface area contributed by atoms with E-state index in [0.29, 0.717) is 5.75 Å². The van der Waals surface area contributed by atoms with Crippen LogP contribution in [0, 0.1) is 0 Å². The van der Waals surface area contributed by atoms with E-state index in [-0.39, 0.29) is 42.6 Å². The zero-order valence-corrected chi connectivity index (χ0v) is 25.8. The molecule has 0 N–H and O–H groups in total. The van der Waals surface area contributed by atoms with Crippen molar-refractivity contribution in [1.82, 2.24) is 0 Å². The molecule has 220 valence electrons. The van der Waals surface area contributed by atoms with Crippen LogP contribution in [-0.2, 0) is 14.9 Å². The molecular weight excluding hydrogens is 531 g/mol. The maximum Gasteiger partial charge on any atom is 1.00 e. The van der Waals surface area contributed by atoms with Crippen LogP contribution in [0.4, 0.5) is 5.69 Å². The molecule has 0 aliphatic carbocycles. The Morgan fingerprint density at radius 3 is 1.88 bits per heavy atom. The summed E-state index contributed by atoms with van der Waals surface area (Å²) in [5.74, 6) is 0.0849. The Hall–Kier alpha value is -2.11. The van der Waals surface area contributed by atoms with E-state index in [0.717, 1.165) is 25.0 Å². The van der Waals surface area contributed by atoms with Crippen molar-refractivity contribution < 1.29 is 41.4 Å². The Kier molecular flexibility index (Phi) is 16.4. The standard InChI is InChI=1S/C32H46N2O5S.Li/c1-2-3-4-5-6-7-8-9-10-11-12-13-14-15-17-20-27-25-32(35)34(33-27)28-23-24-30(31(26-28)40(36,37)38)39-29-21-18-16-19-22-29;/h16,18-19,21-24,26H,2-15,17,20,25H2,1H3,(H,36,37,38);/q;+1/p-1. The van der Waals surface area contributed by atoms with Gasteiger partial charge in [-0.25, -0.2) is 13.4 Å². The molecule has 0 atom stereocenters. The minimum Gasteiger partial charge on any atom is -0.744 e. The molecule has 41 heavy (non-hydrogen) atoms. The van der Waals surface area contributed by atoms with Gasteiger partial charge in [0.25, 0.3) is 5.91 Å². The molecule has 0 fully saturated rings. The van der Waals surface area contributed by atoms with Crippen LogP contribution >= 0.6 is 0 Å². The normalized spacial score (nSPS) is 13.3. The summed E-state index contributed by atoms with van der Waals surface area (Å²) < 4.78 is 41.5. The third-order valence-electron chi connectivity index (χ3n) is 7.31. The maximum atomic E-state index is 12.6. The summed E-state index contributed by atoms with van der Waals surface area (Å²) in [5, 5.41) is 5.64. The van der Waals surface area contributed by atoms with E-state index in [9.17, 15) is 17.8 Å².